The maximum absolute atomic E-state index is 5.65. The zero-order valence-corrected chi connectivity index (χ0v) is 9.14. The van der Waals surface area contributed by atoms with E-state index in [1.54, 1.807) is 0 Å². The van der Waals surface area contributed by atoms with Gasteiger partial charge < -0.3 is 15.7 Å². The van der Waals surface area contributed by atoms with Crippen molar-refractivity contribution in [3.8, 4) is 22.8 Å². The van der Waals surface area contributed by atoms with Crippen molar-refractivity contribution in [2.75, 3.05) is 5.73 Å². The van der Waals surface area contributed by atoms with Crippen molar-refractivity contribution in [1.29, 1.82) is 0 Å². The van der Waals surface area contributed by atoms with Gasteiger partial charge in [-0.15, -0.1) is 0 Å². The molecule has 0 atom stereocenters. The first-order valence-electron chi connectivity index (χ1n) is 5.37. The normalized spacial score (nSPS) is 10.6. The molecule has 4 N–H and O–H groups in total. The molecule has 84 valence electrons. The van der Waals surface area contributed by atoms with Crippen LogP contribution in [0.5, 0.6) is 0 Å². The lowest BCUT2D eigenvalue weighted by molar-refractivity contribution is 1.30. The highest BCUT2D eigenvalue weighted by molar-refractivity contribution is 5.63. The second-order valence-electron chi connectivity index (χ2n) is 3.85. The number of benzene rings is 1. The minimum absolute atomic E-state index is 0.755. The van der Waals surface area contributed by atoms with Crippen molar-refractivity contribution in [2.45, 2.75) is 0 Å². The van der Waals surface area contributed by atoms with Gasteiger partial charge in [0.25, 0.3) is 0 Å². The van der Waals surface area contributed by atoms with Gasteiger partial charge in [-0.05, 0) is 36.4 Å². The molecule has 0 saturated heterocycles. The van der Waals surface area contributed by atoms with E-state index in [4.69, 9.17) is 5.73 Å². The lowest BCUT2D eigenvalue weighted by atomic mass is 10.2. The first kappa shape index (κ1) is 9.72. The fourth-order valence-electron chi connectivity index (χ4n) is 1.74. The van der Waals surface area contributed by atoms with Gasteiger partial charge >= 0.3 is 0 Å². The van der Waals surface area contributed by atoms with Crippen LogP contribution in [0.25, 0.3) is 22.8 Å². The summed E-state index contributed by atoms with van der Waals surface area (Å²) >= 11 is 0. The number of rotatable bonds is 2. The van der Waals surface area contributed by atoms with Gasteiger partial charge in [0.05, 0.1) is 17.6 Å². The maximum atomic E-state index is 5.65. The lowest BCUT2D eigenvalue weighted by Crippen LogP contribution is -1.85. The van der Waals surface area contributed by atoms with Gasteiger partial charge in [0, 0.05) is 17.4 Å². The molecule has 17 heavy (non-hydrogen) atoms. The summed E-state index contributed by atoms with van der Waals surface area (Å²) in [5.74, 6) is 0.842. The van der Waals surface area contributed by atoms with Crippen LogP contribution >= 0.6 is 0 Å². The van der Waals surface area contributed by atoms with E-state index < -0.39 is 0 Å². The lowest BCUT2D eigenvalue weighted by Gasteiger charge is -1.97. The Labute approximate surface area is 98.5 Å². The highest BCUT2D eigenvalue weighted by Gasteiger charge is 2.05. The summed E-state index contributed by atoms with van der Waals surface area (Å²) in [6.07, 6.45) is 3.70. The van der Waals surface area contributed by atoms with E-state index in [-0.39, 0.29) is 0 Å². The third-order valence-corrected chi connectivity index (χ3v) is 2.65. The van der Waals surface area contributed by atoms with E-state index in [1.807, 2.05) is 48.8 Å². The van der Waals surface area contributed by atoms with E-state index in [1.165, 1.54) is 0 Å². The largest absolute Gasteiger partial charge is 0.399 e. The monoisotopic (exact) mass is 224 g/mol. The first-order valence-corrected chi connectivity index (χ1v) is 5.37. The van der Waals surface area contributed by atoms with Gasteiger partial charge in [0.1, 0.15) is 5.82 Å². The van der Waals surface area contributed by atoms with Gasteiger partial charge in [-0.1, -0.05) is 0 Å². The number of aromatic nitrogens is 3. The molecule has 2 aromatic heterocycles. The Morgan fingerprint density at radius 1 is 1.00 bits per heavy atom. The molecule has 0 aliphatic carbocycles. The van der Waals surface area contributed by atoms with Crippen LogP contribution in [0.4, 0.5) is 5.69 Å². The van der Waals surface area contributed by atoms with Crippen LogP contribution in [0.15, 0.2) is 48.8 Å². The van der Waals surface area contributed by atoms with Gasteiger partial charge in [-0.3, -0.25) is 0 Å². The van der Waals surface area contributed by atoms with Crippen LogP contribution in [0.1, 0.15) is 0 Å². The van der Waals surface area contributed by atoms with Gasteiger partial charge in [0.15, 0.2) is 0 Å². The van der Waals surface area contributed by atoms with Crippen LogP contribution in [-0.2, 0) is 0 Å². The molecule has 4 nitrogen and oxygen atoms in total. The van der Waals surface area contributed by atoms with Crippen LogP contribution in [-0.4, -0.2) is 15.0 Å². The third kappa shape index (κ3) is 1.80. The van der Waals surface area contributed by atoms with E-state index in [9.17, 15) is 0 Å². The number of imidazole rings is 1. The van der Waals surface area contributed by atoms with Crippen molar-refractivity contribution in [2.24, 2.45) is 0 Å². The number of nitrogens with zero attached hydrogens (tertiary/aromatic N) is 1. The number of nitrogens with two attached hydrogens (primary N) is 1. The molecule has 0 saturated carbocycles. The summed E-state index contributed by atoms with van der Waals surface area (Å²) < 4.78 is 0. The zero-order chi connectivity index (χ0) is 11.7. The summed E-state index contributed by atoms with van der Waals surface area (Å²) in [7, 11) is 0. The average molecular weight is 224 g/mol. The summed E-state index contributed by atoms with van der Waals surface area (Å²) in [5.41, 5.74) is 9.43. The van der Waals surface area contributed by atoms with Crippen LogP contribution < -0.4 is 5.73 Å². The summed E-state index contributed by atoms with van der Waals surface area (Å²) in [6, 6.07) is 11.6. The molecule has 3 aromatic rings. The fourth-order valence-corrected chi connectivity index (χ4v) is 1.74. The summed E-state index contributed by atoms with van der Waals surface area (Å²) in [5, 5.41) is 0. The molecule has 0 fully saturated rings. The number of aromatic amines is 2. The quantitative estimate of drug-likeness (QED) is 0.585. The third-order valence-electron chi connectivity index (χ3n) is 2.65. The predicted molar refractivity (Wildman–Crippen MR) is 68.2 cm³/mol. The van der Waals surface area contributed by atoms with E-state index in [2.05, 4.69) is 15.0 Å². The van der Waals surface area contributed by atoms with Crippen molar-refractivity contribution < 1.29 is 0 Å². The molecule has 0 radical (unpaired) electrons. The Morgan fingerprint density at radius 3 is 2.53 bits per heavy atom. The van der Waals surface area contributed by atoms with Gasteiger partial charge in [-0.25, -0.2) is 4.98 Å². The topological polar surface area (TPSA) is 70.5 Å². The molecule has 4 heteroatoms. The number of H-pyrrole nitrogens is 2. The van der Waals surface area contributed by atoms with Crippen molar-refractivity contribution in [1.82, 2.24) is 15.0 Å². The highest BCUT2D eigenvalue weighted by Crippen LogP contribution is 2.21. The molecule has 0 spiro atoms. The number of hydrogen-bond acceptors (Lipinski definition) is 2. The molecular weight excluding hydrogens is 212 g/mol. The fraction of sp³-hybridized carbons (Fsp3) is 0. The molecular formula is C13H12N4. The Balaban J connectivity index is 1.98. The Hall–Kier alpha value is -2.49. The highest BCUT2D eigenvalue weighted by atomic mass is 14.9. The average Bonchev–Trinajstić information content (AvgIpc) is 3.00. The standard InChI is InChI=1S/C13H12N4/c14-10-5-3-9(4-6-10)13-16-8-12(17-13)11-2-1-7-15-11/h1-8,15H,14H2,(H,16,17). The second kappa shape index (κ2) is 3.83. The minimum atomic E-state index is 0.755. The smallest absolute Gasteiger partial charge is 0.137 e. The molecule has 3 rings (SSSR count). The number of nitrogens with one attached hydrogen (secondary N) is 2. The van der Waals surface area contributed by atoms with Crippen molar-refractivity contribution in [3.63, 3.8) is 0 Å². The molecule has 0 aliphatic rings. The predicted octanol–water partition coefficient (Wildman–Crippen LogP) is 2.65. The molecule has 0 amide bonds. The Morgan fingerprint density at radius 2 is 1.82 bits per heavy atom. The molecule has 1 aromatic carbocycles. The van der Waals surface area contributed by atoms with E-state index >= 15 is 0 Å². The van der Waals surface area contributed by atoms with Crippen LogP contribution in [0.2, 0.25) is 0 Å². The number of hydrogen-bond donors (Lipinski definition) is 3. The van der Waals surface area contributed by atoms with Crippen LogP contribution in [0, 0.1) is 0 Å². The van der Waals surface area contributed by atoms with Gasteiger partial charge in [-0.2, -0.15) is 0 Å². The van der Waals surface area contributed by atoms with Crippen LogP contribution in [0.3, 0.4) is 0 Å². The first-order chi connectivity index (χ1) is 8.33. The SMILES string of the molecule is Nc1ccc(-c2ncc(-c3ccc[nH]3)[nH]2)cc1. The molecule has 0 unspecified atom stereocenters. The number of anilines is 1. The summed E-state index contributed by atoms with van der Waals surface area (Å²) in [4.78, 5) is 10.8. The maximum Gasteiger partial charge on any atom is 0.137 e. The van der Waals surface area contributed by atoms with Gasteiger partial charge in [0.2, 0.25) is 0 Å². The Kier molecular flexibility index (Phi) is 2.19. The zero-order valence-electron chi connectivity index (χ0n) is 9.14. The number of nitrogen functional groups attached to an aromatic ring is 1. The van der Waals surface area contributed by atoms with E-state index in [0.29, 0.717) is 0 Å². The second-order valence-corrected chi connectivity index (χ2v) is 3.85. The molecule has 2 heterocycles. The molecule has 0 bridgehead atoms. The molecule has 0 aliphatic heterocycles. The van der Waals surface area contributed by atoms with E-state index in [0.717, 1.165) is 28.5 Å². The summed E-state index contributed by atoms with van der Waals surface area (Å²) in [6.45, 7) is 0. The minimum Gasteiger partial charge on any atom is -0.399 e. The van der Waals surface area contributed by atoms with Crippen molar-refractivity contribution >= 4 is 5.69 Å². The Bertz CT molecular complexity index is 605. The van der Waals surface area contributed by atoms with Crippen molar-refractivity contribution in [3.05, 3.63) is 48.8 Å².